The van der Waals surface area contributed by atoms with Gasteiger partial charge in [0.2, 0.25) is 5.91 Å². The molecular formula is C26H22ClN3O2S2. The van der Waals surface area contributed by atoms with E-state index in [1.54, 1.807) is 30.3 Å². The van der Waals surface area contributed by atoms with Gasteiger partial charge in [0.25, 0.3) is 5.91 Å². The lowest BCUT2D eigenvalue weighted by molar-refractivity contribution is -0.115. The quantitative estimate of drug-likeness (QED) is 0.261. The summed E-state index contributed by atoms with van der Waals surface area (Å²) in [5.41, 5.74) is 4.16. The summed E-state index contributed by atoms with van der Waals surface area (Å²) in [5, 5.41) is 8.42. The zero-order valence-corrected chi connectivity index (χ0v) is 20.9. The van der Waals surface area contributed by atoms with E-state index in [0.717, 1.165) is 16.2 Å². The summed E-state index contributed by atoms with van der Waals surface area (Å²) in [7, 11) is 0. The molecule has 172 valence electrons. The number of carbonyl (C=O) groups is 2. The second kappa shape index (κ2) is 10.9. The number of nitrogens with one attached hydrogen (secondary N) is 2. The van der Waals surface area contributed by atoms with Crippen LogP contribution in [-0.4, -0.2) is 22.0 Å². The predicted octanol–water partition coefficient (Wildman–Crippen LogP) is 7.14. The number of anilines is 2. The molecule has 1 atom stereocenters. The molecule has 1 unspecified atom stereocenters. The highest BCUT2D eigenvalue weighted by Gasteiger charge is 2.17. The molecule has 8 heteroatoms. The third kappa shape index (κ3) is 6.26. The van der Waals surface area contributed by atoms with E-state index < -0.39 is 0 Å². The van der Waals surface area contributed by atoms with Crippen molar-refractivity contribution >= 4 is 57.3 Å². The molecule has 5 nitrogen and oxygen atoms in total. The molecule has 0 aliphatic rings. The number of rotatable bonds is 7. The molecule has 0 aliphatic heterocycles. The van der Waals surface area contributed by atoms with Gasteiger partial charge >= 0.3 is 0 Å². The molecule has 2 amide bonds. The maximum Gasteiger partial charge on any atom is 0.255 e. The van der Waals surface area contributed by atoms with Gasteiger partial charge in [-0.2, -0.15) is 0 Å². The second-order valence-corrected chi connectivity index (χ2v) is 10.4. The third-order valence-electron chi connectivity index (χ3n) is 4.94. The van der Waals surface area contributed by atoms with Gasteiger partial charge in [0.15, 0.2) is 5.13 Å². The molecule has 2 N–H and O–H groups in total. The van der Waals surface area contributed by atoms with Crippen LogP contribution in [0.2, 0.25) is 5.02 Å². The fourth-order valence-electron chi connectivity index (χ4n) is 3.13. The van der Waals surface area contributed by atoms with Crippen LogP contribution in [0.3, 0.4) is 0 Å². The van der Waals surface area contributed by atoms with Crippen molar-refractivity contribution in [2.45, 2.75) is 24.0 Å². The predicted molar refractivity (Wildman–Crippen MR) is 142 cm³/mol. The van der Waals surface area contributed by atoms with Crippen molar-refractivity contribution in [1.82, 2.24) is 4.98 Å². The van der Waals surface area contributed by atoms with Gasteiger partial charge in [-0.3, -0.25) is 9.59 Å². The highest BCUT2D eigenvalue weighted by Crippen LogP contribution is 2.29. The number of nitrogens with zero attached hydrogens (tertiary/aromatic N) is 1. The van der Waals surface area contributed by atoms with Crippen LogP contribution in [0.4, 0.5) is 10.8 Å². The minimum atomic E-state index is -0.356. The van der Waals surface area contributed by atoms with Crippen LogP contribution in [0, 0.1) is 6.92 Å². The Bertz CT molecular complexity index is 1320. The zero-order chi connectivity index (χ0) is 24.1. The Hall–Kier alpha value is -3.13. The van der Waals surface area contributed by atoms with E-state index in [1.165, 1.54) is 28.7 Å². The molecule has 0 bridgehead atoms. The Morgan fingerprint density at radius 1 is 1.00 bits per heavy atom. The molecular weight excluding hydrogens is 486 g/mol. The summed E-state index contributed by atoms with van der Waals surface area (Å²) in [6.07, 6.45) is 0. The number of aromatic nitrogens is 1. The van der Waals surface area contributed by atoms with Gasteiger partial charge < -0.3 is 10.6 Å². The first kappa shape index (κ1) is 24.0. The lowest BCUT2D eigenvalue weighted by atomic mass is 10.1. The summed E-state index contributed by atoms with van der Waals surface area (Å²) < 4.78 is 0. The number of amides is 2. The van der Waals surface area contributed by atoms with Crippen molar-refractivity contribution in [2.75, 3.05) is 10.6 Å². The molecule has 4 aromatic rings. The first-order valence-electron chi connectivity index (χ1n) is 10.5. The number of aryl methyl sites for hydroxylation is 1. The number of thioether (sulfide) groups is 1. The Kier molecular flexibility index (Phi) is 7.67. The molecule has 0 spiro atoms. The van der Waals surface area contributed by atoms with Gasteiger partial charge in [-0.25, -0.2) is 4.98 Å². The molecule has 34 heavy (non-hydrogen) atoms. The molecule has 0 saturated carbocycles. The smallest absolute Gasteiger partial charge is 0.255 e. The monoisotopic (exact) mass is 507 g/mol. The second-order valence-electron chi connectivity index (χ2n) is 7.65. The average Bonchev–Trinajstić information content (AvgIpc) is 3.28. The van der Waals surface area contributed by atoms with Gasteiger partial charge in [-0.1, -0.05) is 53.6 Å². The highest BCUT2D eigenvalue weighted by molar-refractivity contribution is 8.00. The van der Waals surface area contributed by atoms with Crippen LogP contribution in [-0.2, 0) is 4.79 Å². The van der Waals surface area contributed by atoms with Crippen LogP contribution in [0.15, 0.2) is 83.1 Å². The van der Waals surface area contributed by atoms with Crippen molar-refractivity contribution < 1.29 is 9.59 Å². The zero-order valence-electron chi connectivity index (χ0n) is 18.5. The van der Waals surface area contributed by atoms with Crippen molar-refractivity contribution in [3.8, 4) is 11.3 Å². The largest absolute Gasteiger partial charge is 0.322 e. The highest BCUT2D eigenvalue weighted by atomic mass is 35.5. The Morgan fingerprint density at radius 2 is 1.76 bits per heavy atom. The van der Waals surface area contributed by atoms with Crippen molar-refractivity contribution in [1.29, 1.82) is 0 Å². The first-order chi connectivity index (χ1) is 16.4. The van der Waals surface area contributed by atoms with E-state index in [2.05, 4.69) is 15.6 Å². The average molecular weight is 508 g/mol. The van der Waals surface area contributed by atoms with Crippen LogP contribution >= 0.6 is 34.7 Å². The molecule has 3 aromatic carbocycles. The van der Waals surface area contributed by atoms with Crippen LogP contribution < -0.4 is 10.6 Å². The normalized spacial score (nSPS) is 11.6. The minimum absolute atomic E-state index is 0.136. The fraction of sp³-hybridized carbons (Fsp3) is 0.115. The lowest BCUT2D eigenvalue weighted by Gasteiger charge is -2.12. The van der Waals surface area contributed by atoms with Gasteiger partial charge in [0.1, 0.15) is 0 Å². The SMILES string of the molecule is Cc1ccc(-c2csc(NC(=O)C(C)Sc3cccc(NC(=O)c4cccc(Cl)c4)c3)n2)cc1. The summed E-state index contributed by atoms with van der Waals surface area (Å²) in [4.78, 5) is 30.6. The summed E-state index contributed by atoms with van der Waals surface area (Å²) in [5.74, 6) is -0.383. The van der Waals surface area contributed by atoms with E-state index in [4.69, 9.17) is 11.6 Å². The third-order valence-corrected chi connectivity index (χ3v) is 7.03. The number of carbonyl (C=O) groups excluding carboxylic acids is 2. The van der Waals surface area contributed by atoms with Gasteiger partial charge in [-0.15, -0.1) is 23.1 Å². The fourth-order valence-corrected chi connectivity index (χ4v) is 4.97. The molecule has 1 aromatic heterocycles. The van der Waals surface area contributed by atoms with Crippen LogP contribution in [0.5, 0.6) is 0 Å². The molecule has 4 rings (SSSR count). The topological polar surface area (TPSA) is 71.1 Å². The molecule has 1 heterocycles. The van der Waals surface area contributed by atoms with E-state index in [9.17, 15) is 9.59 Å². The minimum Gasteiger partial charge on any atom is -0.322 e. The molecule has 0 saturated heterocycles. The Balaban J connectivity index is 1.36. The van der Waals surface area contributed by atoms with Gasteiger partial charge in [0.05, 0.1) is 10.9 Å². The number of hydrogen-bond acceptors (Lipinski definition) is 5. The Morgan fingerprint density at radius 3 is 2.53 bits per heavy atom. The van der Waals surface area contributed by atoms with Gasteiger partial charge in [0, 0.05) is 32.1 Å². The lowest BCUT2D eigenvalue weighted by Crippen LogP contribution is -2.22. The van der Waals surface area contributed by atoms with E-state index in [1.807, 2.05) is 61.7 Å². The number of halogens is 1. The molecule has 0 aliphatic carbocycles. The molecule has 0 fully saturated rings. The van der Waals surface area contributed by atoms with Crippen LogP contribution in [0.1, 0.15) is 22.8 Å². The number of hydrogen-bond donors (Lipinski definition) is 2. The van der Waals surface area contributed by atoms with E-state index in [-0.39, 0.29) is 17.1 Å². The van der Waals surface area contributed by atoms with Crippen LogP contribution in [0.25, 0.3) is 11.3 Å². The van der Waals surface area contributed by atoms with E-state index >= 15 is 0 Å². The van der Waals surface area contributed by atoms with Crippen molar-refractivity contribution in [3.63, 3.8) is 0 Å². The number of thiazole rings is 1. The summed E-state index contributed by atoms with van der Waals surface area (Å²) >= 11 is 8.78. The number of benzene rings is 3. The van der Waals surface area contributed by atoms with Crippen molar-refractivity contribution in [3.05, 3.63) is 94.3 Å². The van der Waals surface area contributed by atoms with E-state index in [0.29, 0.717) is 21.4 Å². The maximum atomic E-state index is 12.7. The molecule has 0 radical (unpaired) electrons. The van der Waals surface area contributed by atoms with Gasteiger partial charge in [-0.05, 0) is 50.2 Å². The summed E-state index contributed by atoms with van der Waals surface area (Å²) in [6, 6.07) is 22.3. The summed E-state index contributed by atoms with van der Waals surface area (Å²) in [6.45, 7) is 3.88. The Labute approximate surface area is 211 Å². The van der Waals surface area contributed by atoms with Crippen molar-refractivity contribution in [2.24, 2.45) is 0 Å². The maximum absolute atomic E-state index is 12.7. The standard InChI is InChI=1S/C26H22ClN3O2S2/c1-16-9-11-18(12-10-16)23-15-33-26(29-23)30-24(31)17(2)34-22-8-4-7-21(14-22)28-25(32)19-5-3-6-20(27)13-19/h3-15,17H,1-2H3,(H,28,32)(H,29,30,31). The first-order valence-corrected chi connectivity index (χ1v) is 12.7.